The maximum atomic E-state index is 13.3. The number of nitrogens with zero attached hydrogens (tertiary/aromatic N) is 2. The zero-order chi connectivity index (χ0) is 27.1. The van der Waals surface area contributed by atoms with Gasteiger partial charge in [0.25, 0.3) is 0 Å². The molecule has 7 nitrogen and oxygen atoms in total. The van der Waals surface area contributed by atoms with Gasteiger partial charge in [0.1, 0.15) is 12.4 Å². The van der Waals surface area contributed by atoms with Crippen LogP contribution >= 0.6 is 0 Å². The summed E-state index contributed by atoms with van der Waals surface area (Å²) in [7, 11) is 0. The summed E-state index contributed by atoms with van der Waals surface area (Å²) in [6, 6.07) is 7.28. The minimum absolute atomic E-state index is 0.0169. The van der Waals surface area contributed by atoms with E-state index in [4.69, 9.17) is 14.2 Å². The third-order valence-electron chi connectivity index (χ3n) is 5.44. The van der Waals surface area contributed by atoms with E-state index < -0.39 is 31.0 Å². The first-order valence-electron chi connectivity index (χ1n) is 12.8. The molecule has 2 rings (SSSR count). The van der Waals surface area contributed by atoms with Crippen molar-refractivity contribution in [2.75, 3.05) is 19.8 Å². The standard InChI is InChI=1S/C27H37F3N2O5/c1-4-6-7-8-9-10-16-35-22-13-11-21(12-14-22)25-31-17-23(18-32-25)36-19-24(27(28,29)30)37-26(33)20(3)34-15-5-2/h11-14,17-18,20,24H,4-10,15-16,19H2,1-3H3. The number of aromatic nitrogens is 2. The molecule has 0 saturated carbocycles. The lowest BCUT2D eigenvalue weighted by Crippen LogP contribution is -2.41. The van der Waals surface area contributed by atoms with Crippen molar-refractivity contribution in [2.24, 2.45) is 0 Å². The molecule has 0 fully saturated rings. The number of rotatable bonds is 17. The molecular formula is C27H37F3N2O5. The summed E-state index contributed by atoms with van der Waals surface area (Å²) < 4.78 is 60.7. The topological polar surface area (TPSA) is 79.8 Å². The summed E-state index contributed by atoms with van der Waals surface area (Å²) in [5.74, 6) is 0.0449. The second-order valence-electron chi connectivity index (χ2n) is 8.67. The lowest BCUT2D eigenvalue weighted by atomic mass is 10.1. The van der Waals surface area contributed by atoms with E-state index in [2.05, 4.69) is 21.6 Å². The predicted molar refractivity (Wildman–Crippen MR) is 133 cm³/mol. The molecule has 2 atom stereocenters. The Morgan fingerprint density at radius 1 is 0.865 bits per heavy atom. The molecule has 0 saturated heterocycles. The SMILES string of the molecule is CCCCCCCCOc1ccc(-c2ncc(OCC(OC(=O)C(C)OCCC)C(F)(F)F)cn2)cc1. The molecule has 1 aromatic heterocycles. The Kier molecular flexibility index (Phi) is 13.2. The van der Waals surface area contributed by atoms with E-state index in [9.17, 15) is 18.0 Å². The van der Waals surface area contributed by atoms with Gasteiger partial charge < -0.3 is 18.9 Å². The number of hydrogen-bond acceptors (Lipinski definition) is 7. The van der Waals surface area contributed by atoms with Gasteiger partial charge >= 0.3 is 12.1 Å². The normalized spacial score (nSPS) is 13.1. The van der Waals surface area contributed by atoms with Gasteiger partial charge in [0.15, 0.2) is 17.7 Å². The van der Waals surface area contributed by atoms with Crippen molar-refractivity contribution in [1.29, 1.82) is 0 Å². The number of hydrogen-bond donors (Lipinski definition) is 0. The molecule has 0 bridgehead atoms. The zero-order valence-corrected chi connectivity index (χ0v) is 21.8. The van der Waals surface area contributed by atoms with Crippen LogP contribution in [0.25, 0.3) is 11.4 Å². The maximum absolute atomic E-state index is 13.3. The van der Waals surface area contributed by atoms with Crippen molar-refractivity contribution in [3.63, 3.8) is 0 Å². The lowest BCUT2D eigenvalue weighted by molar-refractivity contribution is -0.231. The highest BCUT2D eigenvalue weighted by molar-refractivity contribution is 5.74. The van der Waals surface area contributed by atoms with Gasteiger partial charge in [-0.25, -0.2) is 14.8 Å². The van der Waals surface area contributed by atoms with Gasteiger partial charge in [0.05, 0.1) is 19.0 Å². The molecule has 2 aromatic rings. The highest BCUT2D eigenvalue weighted by Crippen LogP contribution is 2.25. The van der Waals surface area contributed by atoms with Crippen molar-refractivity contribution in [1.82, 2.24) is 9.97 Å². The molecule has 37 heavy (non-hydrogen) atoms. The van der Waals surface area contributed by atoms with E-state index in [1.165, 1.54) is 45.0 Å². The molecule has 0 radical (unpaired) electrons. The van der Waals surface area contributed by atoms with Gasteiger partial charge in [-0.05, 0) is 44.0 Å². The van der Waals surface area contributed by atoms with Crippen LogP contribution in [0.3, 0.4) is 0 Å². The molecule has 0 spiro atoms. The van der Waals surface area contributed by atoms with Crippen LogP contribution in [0.4, 0.5) is 13.2 Å². The Bertz CT molecular complexity index is 908. The van der Waals surface area contributed by atoms with E-state index in [0.717, 1.165) is 24.2 Å². The number of benzene rings is 1. The fraction of sp³-hybridized carbons (Fsp3) is 0.593. The minimum atomic E-state index is -4.81. The summed E-state index contributed by atoms with van der Waals surface area (Å²) in [4.78, 5) is 20.3. The summed E-state index contributed by atoms with van der Waals surface area (Å²) in [6.45, 7) is 5.32. The zero-order valence-electron chi connectivity index (χ0n) is 21.8. The van der Waals surface area contributed by atoms with E-state index in [1.54, 1.807) is 0 Å². The Labute approximate surface area is 216 Å². The van der Waals surface area contributed by atoms with E-state index >= 15 is 0 Å². The molecule has 206 valence electrons. The number of ether oxygens (including phenoxy) is 4. The smallest absolute Gasteiger partial charge is 0.428 e. The largest absolute Gasteiger partial charge is 0.494 e. The summed E-state index contributed by atoms with van der Waals surface area (Å²) in [5.41, 5.74) is 0.724. The van der Waals surface area contributed by atoms with Crippen LogP contribution in [0.15, 0.2) is 36.7 Å². The van der Waals surface area contributed by atoms with Crippen molar-refractivity contribution in [2.45, 2.75) is 84.1 Å². The molecule has 1 aromatic carbocycles. The minimum Gasteiger partial charge on any atom is -0.494 e. The van der Waals surface area contributed by atoms with Gasteiger partial charge in [-0.3, -0.25) is 0 Å². The molecule has 0 aliphatic carbocycles. The second kappa shape index (κ2) is 16.1. The average Bonchev–Trinajstić information content (AvgIpc) is 2.89. The molecule has 10 heteroatoms. The number of carbonyl (C=O) groups is 1. The molecule has 0 amide bonds. The van der Waals surface area contributed by atoms with Crippen LogP contribution in [0.1, 0.15) is 65.7 Å². The Morgan fingerprint density at radius 2 is 1.51 bits per heavy atom. The summed E-state index contributed by atoms with van der Waals surface area (Å²) in [6.07, 6.45) is 1.95. The van der Waals surface area contributed by atoms with Crippen molar-refractivity contribution in [3.05, 3.63) is 36.7 Å². The van der Waals surface area contributed by atoms with Gasteiger partial charge in [-0.2, -0.15) is 13.2 Å². The lowest BCUT2D eigenvalue weighted by Gasteiger charge is -2.22. The van der Waals surface area contributed by atoms with E-state index in [0.29, 0.717) is 18.9 Å². The number of alkyl halides is 3. The first kappa shape index (κ1) is 30.3. The molecule has 0 aliphatic heterocycles. The predicted octanol–water partition coefficient (Wildman–Crippen LogP) is 6.55. The third-order valence-corrected chi connectivity index (χ3v) is 5.44. The quantitative estimate of drug-likeness (QED) is 0.171. The second-order valence-corrected chi connectivity index (χ2v) is 8.67. The van der Waals surface area contributed by atoms with Gasteiger partial charge in [0, 0.05) is 12.2 Å². The number of carbonyl (C=O) groups excluding carboxylic acids is 1. The molecule has 1 heterocycles. The van der Waals surface area contributed by atoms with E-state index in [-0.39, 0.29) is 12.4 Å². The van der Waals surface area contributed by atoms with Gasteiger partial charge in [0.2, 0.25) is 6.10 Å². The van der Waals surface area contributed by atoms with Gasteiger partial charge in [-0.15, -0.1) is 0 Å². The maximum Gasteiger partial charge on any atom is 0.428 e. The monoisotopic (exact) mass is 526 g/mol. The molecule has 0 N–H and O–H groups in total. The van der Waals surface area contributed by atoms with Crippen LogP contribution in [-0.2, 0) is 14.3 Å². The Balaban J connectivity index is 1.85. The van der Waals surface area contributed by atoms with Gasteiger partial charge in [-0.1, -0.05) is 46.0 Å². The summed E-state index contributed by atoms with van der Waals surface area (Å²) in [5, 5.41) is 0. The molecule has 2 unspecified atom stereocenters. The number of unbranched alkanes of at least 4 members (excludes halogenated alkanes) is 5. The van der Waals surface area contributed by atoms with Crippen LogP contribution in [0.2, 0.25) is 0 Å². The molecular weight excluding hydrogens is 489 g/mol. The Morgan fingerprint density at radius 3 is 2.14 bits per heavy atom. The number of esters is 1. The Hall–Kier alpha value is -2.88. The van der Waals surface area contributed by atoms with Crippen LogP contribution < -0.4 is 9.47 Å². The van der Waals surface area contributed by atoms with Crippen LogP contribution in [0, 0.1) is 0 Å². The first-order chi connectivity index (χ1) is 17.7. The summed E-state index contributed by atoms with van der Waals surface area (Å²) >= 11 is 0. The highest BCUT2D eigenvalue weighted by atomic mass is 19.4. The van der Waals surface area contributed by atoms with Crippen LogP contribution in [-0.4, -0.2) is 54.1 Å². The first-order valence-corrected chi connectivity index (χ1v) is 12.8. The highest BCUT2D eigenvalue weighted by Gasteiger charge is 2.44. The van der Waals surface area contributed by atoms with E-state index in [1.807, 2.05) is 31.2 Å². The fourth-order valence-electron chi connectivity index (χ4n) is 3.28. The van der Waals surface area contributed by atoms with Crippen molar-refractivity contribution >= 4 is 5.97 Å². The fourth-order valence-corrected chi connectivity index (χ4v) is 3.28. The third kappa shape index (κ3) is 11.4. The van der Waals surface area contributed by atoms with Crippen molar-refractivity contribution in [3.8, 4) is 22.9 Å². The number of halogens is 3. The van der Waals surface area contributed by atoms with Crippen molar-refractivity contribution < 1.29 is 36.9 Å². The van der Waals surface area contributed by atoms with Crippen LogP contribution in [0.5, 0.6) is 11.5 Å². The average molecular weight is 527 g/mol. The molecule has 0 aliphatic rings.